The Bertz CT molecular complexity index is 192. The zero-order chi connectivity index (χ0) is 7.40. The molecule has 0 aliphatic carbocycles. The Labute approximate surface area is 93.1 Å². The van der Waals surface area contributed by atoms with Gasteiger partial charge in [-0.15, -0.1) is 0 Å². The van der Waals surface area contributed by atoms with Crippen LogP contribution in [0.1, 0.15) is 0 Å². The van der Waals surface area contributed by atoms with Gasteiger partial charge in [-0.1, -0.05) is 30.0 Å². The maximum absolute atomic E-state index is 2.30. The highest BCUT2D eigenvalue weighted by molar-refractivity contribution is 14.2. The summed E-state index contributed by atoms with van der Waals surface area (Å²) in [6, 6.07) is 8.41. The predicted octanol–water partition coefficient (Wildman–Crippen LogP) is 4.57. The minimum atomic E-state index is 1.35. The van der Waals surface area contributed by atoms with E-state index in [2.05, 4.69) is 66.7 Å². The second-order valence-corrected chi connectivity index (χ2v) is 5.43. The second kappa shape index (κ2) is 5.10. The van der Waals surface area contributed by atoms with Crippen LogP contribution < -0.4 is 0 Å². The third-order valence-electron chi connectivity index (χ3n) is 1.02. The minimum Gasteiger partial charge on any atom is -0.0610 e. The molecule has 0 aromatic heterocycles. The van der Waals surface area contributed by atoms with Gasteiger partial charge in [0.25, 0.3) is 0 Å². The fourth-order valence-electron chi connectivity index (χ4n) is 0.578. The molecule has 0 unspecified atom stereocenters. The lowest BCUT2D eigenvalue weighted by molar-refractivity contribution is 1.27. The fraction of sp³-hybridized carbons (Fsp3) is 0. The summed E-state index contributed by atoms with van der Waals surface area (Å²) < 4.78 is 0. The van der Waals surface area contributed by atoms with E-state index in [9.17, 15) is 0 Å². The van der Waals surface area contributed by atoms with E-state index >= 15 is 0 Å². The zero-order valence-corrected chi connectivity index (χ0v) is 10.8. The maximum atomic E-state index is 2.30. The molecule has 1 rings (SSSR count). The van der Waals surface area contributed by atoms with Crippen molar-refractivity contribution in [2.24, 2.45) is 0 Å². The van der Waals surface area contributed by atoms with E-state index in [1.165, 1.54) is 9.79 Å². The van der Waals surface area contributed by atoms with Crippen molar-refractivity contribution >= 4 is 60.3 Å². The lowest BCUT2D eigenvalue weighted by Crippen LogP contribution is -1.69. The lowest BCUT2D eigenvalue weighted by atomic mass is 10.4. The van der Waals surface area contributed by atoms with Crippen molar-refractivity contribution in [2.75, 3.05) is 0 Å². The summed E-state index contributed by atoms with van der Waals surface area (Å²) in [6.45, 7) is 0. The van der Waals surface area contributed by atoms with Crippen molar-refractivity contribution in [1.29, 1.82) is 0 Å². The number of halogens is 2. The van der Waals surface area contributed by atoms with Gasteiger partial charge in [0, 0.05) is 52.2 Å². The number of hydrogen-bond donors (Lipinski definition) is 0. The van der Waals surface area contributed by atoms with Gasteiger partial charge in [-0.25, -0.2) is 0 Å². The van der Waals surface area contributed by atoms with Gasteiger partial charge in [0.05, 0.1) is 0 Å². The molecule has 0 spiro atoms. The average molecular weight is 394 g/mol. The van der Waals surface area contributed by atoms with Crippen molar-refractivity contribution in [2.45, 2.75) is 9.79 Å². The van der Waals surface area contributed by atoms with Crippen LogP contribution in [0.15, 0.2) is 34.1 Å². The first-order chi connectivity index (χ1) is 4.88. The van der Waals surface area contributed by atoms with E-state index in [0.29, 0.717) is 0 Å². The van der Waals surface area contributed by atoms with E-state index < -0.39 is 0 Å². The van der Waals surface area contributed by atoms with E-state index in [1.807, 2.05) is 0 Å². The van der Waals surface area contributed by atoms with Crippen LogP contribution >= 0.6 is 60.3 Å². The maximum Gasteiger partial charge on any atom is 0.0322 e. The first-order valence-electron chi connectivity index (χ1n) is 2.54. The van der Waals surface area contributed by atoms with Gasteiger partial charge in [0.2, 0.25) is 0 Å². The molecule has 0 aliphatic rings. The number of benzene rings is 1. The Hall–Kier alpha value is 1.38. The van der Waals surface area contributed by atoms with Crippen molar-refractivity contribution in [3.05, 3.63) is 24.3 Å². The van der Waals surface area contributed by atoms with Crippen molar-refractivity contribution in [3.63, 3.8) is 0 Å². The molecule has 0 saturated heterocycles. The van der Waals surface area contributed by atoms with Crippen LogP contribution in [0, 0.1) is 0 Å². The van der Waals surface area contributed by atoms with Gasteiger partial charge >= 0.3 is 0 Å². The van der Waals surface area contributed by atoms with E-state index in [1.54, 1.807) is 17.9 Å². The van der Waals surface area contributed by atoms with Crippen LogP contribution in [0.2, 0.25) is 0 Å². The third-order valence-corrected chi connectivity index (χ3v) is 5.04. The van der Waals surface area contributed by atoms with Crippen LogP contribution in [0.3, 0.4) is 0 Å². The third kappa shape index (κ3) is 2.46. The SMILES string of the molecule is ISc1ccccc1SI. The second-order valence-electron chi connectivity index (χ2n) is 1.60. The number of rotatable bonds is 2. The standard InChI is InChI=1S/C6H4I2S2/c7-9-5-3-1-2-4-6(5)10-8/h1-4H. The van der Waals surface area contributed by atoms with Crippen LogP contribution in [0.4, 0.5) is 0 Å². The average Bonchev–Trinajstić information content (AvgIpc) is 2.04. The highest BCUT2D eigenvalue weighted by Crippen LogP contribution is 2.37. The molecule has 0 atom stereocenters. The molecule has 0 fully saturated rings. The van der Waals surface area contributed by atoms with Crippen molar-refractivity contribution in [3.8, 4) is 0 Å². The summed E-state index contributed by atoms with van der Waals surface area (Å²) in [5, 5.41) is 0. The summed E-state index contributed by atoms with van der Waals surface area (Å²) in [6.07, 6.45) is 0. The molecule has 0 nitrogen and oxygen atoms in total. The molecule has 0 heterocycles. The normalized spacial score (nSPS) is 9.80. The number of hydrogen-bond acceptors (Lipinski definition) is 2. The molecule has 0 radical (unpaired) electrons. The smallest absolute Gasteiger partial charge is 0.0322 e. The molecule has 54 valence electrons. The van der Waals surface area contributed by atoms with E-state index in [4.69, 9.17) is 0 Å². The fourth-order valence-corrected chi connectivity index (χ4v) is 4.58. The van der Waals surface area contributed by atoms with Crippen LogP contribution in [-0.4, -0.2) is 0 Å². The molecular formula is C6H4I2S2. The first kappa shape index (κ1) is 9.47. The predicted molar refractivity (Wildman–Crippen MR) is 66.2 cm³/mol. The zero-order valence-electron chi connectivity index (χ0n) is 4.88. The molecule has 4 heteroatoms. The monoisotopic (exact) mass is 394 g/mol. The largest absolute Gasteiger partial charge is 0.0610 e. The van der Waals surface area contributed by atoms with Gasteiger partial charge in [-0.05, 0) is 12.1 Å². The van der Waals surface area contributed by atoms with Crippen LogP contribution in [0.5, 0.6) is 0 Å². The quantitative estimate of drug-likeness (QED) is 0.675. The molecule has 0 saturated carbocycles. The molecule has 0 aliphatic heterocycles. The summed E-state index contributed by atoms with van der Waals surface area (Å²) in [4.78, 5) is 2.70. The summed E-state index contributed by atoms with van der Waals surface area (Å²) in [7, 11) is 3.53. The summed E-state index contributed by atoms with van der Waals surface area (Å²) in [5.41, 5.74) is 0. The van der Waals surface area contributed by atoms with Gasteiger partial charge in [0.15, 0.2) is 0 Å². The summed E-state index contributed by atoms with van der Waals surface area (Å²) >= 11 is 4.60. The molecule has 0 bridgehead atoms. The molecule has 0 amide bonds. The Kier molecular flexibility index (Phi) is 4.83. The molecular weight excluding hydrogens is 390 g/mol. The topological polar surface area (TPSA) is 0 Å². The molecule has 0 N–H and O–H groups in total. The first-order valence-corrected chi connectivity index (χ1v) is 9.26. The molecule has 1 aromatic carbocycles. The minimum absolute atomic E-state index is 1.35. The van der Waals surface area contributed by atoms with Gasteiger partial charge in [-0.3, -0.25) is 0 Å². The van der Waals surface area contributed by atoms with Gasteiger partial charge in [0.1, 0.15) is 0 Å². The Morgan fingerprint density at radius 1 is 0.900 bits per heavy atom. The Morgan fingerprint density at radius 2 is 1.30 bits per heavy atom. The Balaban J connectivity index is 2.96. The highest BCUT2D eigenvalue weighted by atomic mass is 127. The van der Waals surface area contributed by atoms with Gasteiger partial charge in [-0.2, -0.15) is 0 Å². The summed E-state index contributed by atoms with van der Waals surface area (Å²) in [5.74, 6) is 0. The van der Waals surface area contributed by atoms with Crippen molar-refractivity contribution in [1.82, 2.24) is 0 Å². The highest BCUT2D eigenvalue weighted by Gasteiger charge is 1.97. The van der Waals surface area contributed by atoms with Crippen molar-refractivity contribution < 1.29 is 0 Å². The Morgan fingerprint density at radius 3 is 1.60 bits per heavy atom. The van der Waals surface area contributed by atoms with Gasteiger partial charge < -0.3 is 0 Å². The van der Waals surface area contributed by atoms with E-state index in [0.717, 1.165) is 0 Å². The lowest BCUT2D eigenvalue weighted by Gasteiger charge is -1.98. The van der Waals surface area contributed by atoms with Crippen LogP contribution in [-0.2, 0) is 0 Å². The molecule has 1 aromatic rings. The van der Waals surface area contributed by atoms with E-state index in [-0.39, 0.29) is 0 Å². The molecule has 10 heavy (non-hydrogen) atoms. The van der Waals surface area contributed by atoms with Crippen LogP contribution in [0.25, 0.3) is 0 Å².